The van der Waals surface area contributed by atoms with Crippen LogP contribution >= 0.6 is 0 Å². The van der Waals surface area contributed by atoms with Crippen molar-refractivity contribution in [3.63, 3.8) is 0 Å². The second-order valence-electron chi connectivity index (χ2n) is 6.88. The van der Waals surface area contributed by atoms with Crippen molar-refractivity contribution in [2.24, 2.45) is 0 Å². The summed E-state index contributed by atoms with van der Waals surface area (Å²) in [5.41, 5.74) is 0.630. The highest BCUT2D eigenvalue weighted by atomic mass is 16.6. The number of likely N-dealkylation sites (tertiary alicyclic amines) is 1. The Morgan fingerprint density at radius 3 is 2.75 bits per heavy atom. The van der Waals surface area contributed by atoms with E-state index in [-0.39, 0.29) is 17.7 Å². The summed E-state index contributed by atoms with van der Waals surface area (Å²) in [6.07, 6.45) is 0.305. The largest absolute Gasteiger partial charge is 0.478 e. The molecule has 0 spiro atoms. The van der Waals surface area contributed by atoms with Crippen molar-refractivity contribution < 1.29 is 19.4 Å². The SMILES string of the molecule is CC(C)(C)OC(=O)N1CCC(n2nnc3cccc(C(=O)O)c32)C1. The molecule has 2 aromatic rings. The van der Waals surface area contributed by atoms with Crippen molar-refractivity contribution in [2.75, 3.05) is 13.1 Å². The number of carboxylic acid groups (broad SMARTS) is 1. The predicted octanol–water partition coefficient (Wildman–Crippen LogP) is 2.31. The number of benzene rings is 1. The second kappa shape index (κ2) is 5.77. The number of rotatable bonds is 2. The Kier molecular flexibility index (Phi) is 3.90. The lowest BCUT2D eigenvalue weighted by molar-refractivity contribution is 0.0288. The maximum atomic E-state index is 12.2. The van der Waals surface area contributed by atoms with E-state index in [1.54, 1.807) is 21.7 Å². The number of aromatic carboxylic acids is 1. The second-order valence-corrected chi connectivity index (χ2v) is 6.88. The number of ether oxygens (including phenoxy) is 1. The number of fused-ring (bicyclic) bond motifs is 1. The molecular formula is C16H20N4O4. The van der Waals surface area contributed by atoms with E-state index in [2.05, 4.69) is 10.3 Å². The standard InChI is InChI=1S/C16H20N4O4/c1-16(2,3)24-15(23)19-8-7-10(9-19)20-13-11(14(21)22)5-4-6-12(13)17-18-20/h4-6,10H,7-9H2,1-3H3,(H,21,22). The number of carboxylic acids is 1. The fourth-order valence-electron chi connectivity index (χ4n) is 2.86. The minimum Gasteiger partial charge on any atom is -0.478 e. The Labute approximate surface area is 139 Å². The molecule has 1 unspecified atom stereocenters. The van der Waals surface area contributed by atoms with Crippen molar-refractivity contribution in [1.29, 1.82) is 0 Å². The zero-order valence-electron chi connectivity index (χ0n) is 13.9. The Morgan fingerprint density at radius 1 is 1.33 bits per heavy atom. The molecular weight excluding hydrogens is 312 g/mol. The molecule has 1 aromatic carbocycles. The first kappa shape index (κ1) is 16.2. The first-order chi connectivity index (χ1) is 11.3. The molecule has 0 bridgehead atoms. The van der Waals surface area contributed by atoms with Gasteiger partial charge >= 0.3 is 12.1 Å². The number of amides is 1. The molecule has 1 atom stereocenters. The summed E-state index contributed by atoms with van der Waals surface area (Å²) in [6, 6.07) is 4.78. The lowest BCUT2D eigenvalue weighted by Gasteiger charge is -2.24. The number of hydrogen-bond donors (Lipinski definition) is 1. The van der Waals surface area contributed by atoms with E-state index in [1.165, 1.54) is 6.07 Å². The van der Waals surface area contributed by atoms with Crippen LogP contribution in [0.2, 0.25) is 0 Å². The van der Waals surface area contributed by atoms with Gasteiger partial charge < -0.3 is 14.7 Å². The molecule has 1 aliphatic heterocycles. The quantitative estimate of drug-likeness (QED) is 0.906. The van der Waals surface area contributed by atoms with Crippen LogP contribution in [0.4, 0.5) is 4.79 Å². The van der Waals surface area contributed by atoms with E-state index >= 15 is 0 Å². The molecule has 3 rings (SSSR count). The first-order valence-corrected chi connectivity index (χ1v) is 7.81. The number of aromatic nitrogens is 3. The lowest BCUT2D eigenvalue weighted by atomic mass is 10.1. The van der Waals surface area contributed by atoms with E-state index < -0.39 is 11.6 Å². The third kappa shape index (κ3) is 3.04. The van der Waals surface area contributed by atoms with Gasteiger partial charge in [0.05, 0.1) is 11.6 Å². The van der Waals surface area contributed by atoms with E-state index in [1.807, 2.05) is 20.8 Å². The number of hydrogen-bond acceptors (Lipinski definition) is 5. The molecule has 1 aromatic heterocycles. The topological polar surface area (TPSA) is 97.5 Å². The summed E-state index contributed by atoms with van der Waals surface area (Å²) >= 11 is 0. The van der Waals surface area contributed by atoms with Gasteiger partial charge in [-0.25, -0.2) is 14.3 Å². The molecule has 1 saturated heterocycles. The Morgan fingerprint density at radius 2 is 2.08 bits per heavy atom. The molecule has 0 radical (unpaired) electrons. The van der Waals surface area contributed by atoms with Gasteiger partial charge in [-0.1, -0.05) is 11.3 Å². The summed E-state index contributed by atoms with van der Waals surface area (Å²) in [7, 11) is 0. The van der Waals surface area contributed by atoms with Gasteiger partial charge in [0.2, 0.25) is 0 Å². The van der Waals surface area contributed by atoms with Crippen LogP contribution in [-0.2, 0) is 4.74 Å². The van der Waals surface area contributed by atoms with Gasteiger partial charge in [-0.2, -0.15) is 0 Å². The summed E-state index contributed by atoms with van der Waals surface area (Å²) in [6.45, 7) is 6.42. The van der Waals surface area contributed by atoms with E-state index in [0.717, 1.165) is 0 Å². The third-order valence-corrected chi connectivity index (χ3v) is 3.88. The third-order valence-electron chi connectivity index (χ3n) is 3.88. The molecule has 0 saturated carbocycles. The van der Waals surface area contributed by atoms with Crippen molar-refractivity contribution in [3.8, 4) is 0 Å². The number of carbonyl (C=O) groups is 2. The summed E-state index contributed by atoms with van der Waals surface area (Å²) < 4.78 is 7.00. The predicted molar refractivity (Wildman–Crippen MR) is 85.9 cm³/mol. The fraction of sp³-hybridized carbons (Fsp3) is 0.500. The Bertz CT molecular complexity index is 793. The van der Waals surface area contributed by atoms with Crippen LogP contribution in [-0.4, -0.2) is 55.8 Å². The molecule has 1 fully saturated rings. The van der Waals surface area contributed by atoms with Gasteiger partial charge in [0.25, 0.3) is 0 Å². The van der Waals surface area contributed by atoms with Crippen molar-refractivity contribution in [3.05, 3.63) is 23.8 Å². The maximum Gasteiger partial charge on any atom is 0.410 e. The molecule has 1 amide bonds. The minimum atomic E-state index is -1.02. The van der Waals surface area contributed by atoms with Crippen LogP contribution in [0.1, 0.15) is 43.6 Å². The summed E-state index contributed by atoms with van der Waals surface area (Å²) in [5, 5.41) is 17.5. The van der Waals surface area contributed by atoms with Gasteiger partial charge in [-0.15, -0.1) is 5.10 Å². The smallest absolute Gasteiger partial charge is 0.410 e. The van der Waals surface area contributed by atoms with Crippen LogP contribution < -0.4 is 0 Å². The van der Waals surface area contributed by atoms with Gasteiger partial charge in [-0.3, -0.25) is 0 Å². The van der Waals surface area contributed by atoms with Crippen LogP contribution in [0.25, 0.3) is 11.0 Å². The van der Waals surface area contributed by atoms with Gasteiger partial charge in [0, 0.05) is 13.1 Å². The maximum absolute atomic E-state index is 12.2. The van der Waals surface area contributed by atoms with Gasteiger partial charge in [-0.05, 0) is 39.3 Å². The highest BCUT2D eigenvalue weighted by Crippen LogP contribution is 2.27. The zero-order valence-corrected chi connectivity index (χ0v) is 13.9. The van der Waals surface area contributed by atoms with Gasteiger partial charge in [0.15, 0.2) is 0 Å². The summed E-state index contributed by atoms with van der Waals surface area (Å²) in [4.78, 5) is 25.3. The van der Waals surface area contributed by atoms with Crippen LogP contribution in [0.15, 0.2) is 18.2 Å². The van der Waals surface area contributed by atoms with E-state index in [4.69, 9.17) is 4.74 Å². The molecule has 8 nitrogen and oxygen atoms in total. The van der Waals surface area contributed by atoms with Crippen molar-refractivity contribution in [2.45, 2.75) is 38.8 Å². The van der Waals surface area contributed by atoms with Gasteiger partial charge in [0.1, 0.15) is 16.6 Å². The fourth-order valence-corrected chi connectivity index (χ4v) is 2.86. The molecule has 1 aliphatic rings. The molecule has 2 heterocycles. The lowest BCUT2D eigenvalue weighted by Crippen LogP contribution is -2.35. The molecule has 0 aliphatic carbocycles. The molecule has 24 heavy (non-hydrogen) atoms. The average molecular weight is 332 g/mol. The monoisotopic (exact) mass is 332 g/mol. The van der Waals surface area contributed by atoms with Crippen LogP contribution in [0.3, 0.4) is 0 Å². The average Bonchev–Trinajstić information content (AvgIpc) is 3.11. The highest BCUT2D eigenvalue weighted by Gasteiger charge is 2.32. The number of nitrogens with zero attached hydrogens (tertiary/aromatic N) is 4. The molecule has 8 heteroatoms. The first-order valence-electron chi connectivity index (χ1n) is 7.81. The summed E-state index contributed by atoms with van der Waals surface area (Å²) in [5.74, 6) is -1.02. The highest BCUT2D eigenvalue weighted by molar-refractivity contribution is 6.00. The van der Waals surface area contributed by atoms with E-state index in [9.17, 15) is 14.7 Å². The zero-order chi connectivity index (χ0) is 17.5. The number of carbonyl (C=O) groups excluding carboxylic acids is 1. The van der Waals surface area contributed by atoms with Crippen molar-refractivity contribution in [1.82, 2.24) is 19.9 Å². The molecule has 1 N–H and O–H groups in total. The minimum absolute atomic E-state index is 0.122. The normalized spacial score (nSPS) is 18.1. The number of para-hydroxylation sites is 1. The molecule has 128 valence electrons. The van der Waals surface area contributed by atoms with Crippen LogP contribution in [0, 0.1) is 0 Å². The van der Waals surface area contributed by atoms with E-state index in [0.29, 0.717) is 30.5 Å². The van der Waals surface area contributed by atoms with Crippen LogP contribution in [0.5, 0.6) is 0 Å². The Balaban J connectivity index is 1.85. The Hall–Kier alpha value is -2.64. The van der Waals surface area contributed by atoms with Crippen molar-refractivity contribution >= 4 is 23.1 Å².